The van der Waals surface area contributed by atoms with Gasteiger partial charge in [0.1, 0.15) is 6.07 Å². The van der Waals surface area contributed by atoms with E-state index in [4.69, 9.17) is 5.26 Å². The Balaban J connectivity index is 2.79. The summed E-state index contributed by atoms with van der Waals surface area (Å²) < 4.78 is 1.87. The summed E-state index contributed by atoms with van der Waals surface area (Å²) in [6.45, 7) is 7.17. The molecule has 0 fully saturated rings. The fourth-order valence-electron chi connectivity index (χ4n) is 1.65. The highest BCUT2D eigenvalue weighted by molar-refractivity contribution is 5.26. The van der Waals surface area contributed by atoms with E-state index in [0.29, 0.717) is 11.6 Å². The van der Waals surface area contributed by atoms with Crippen molar-refractivity contribution in [1.82, 2.24) is 15.0 Å². The molecule has 0 radical (unpaired) electrons. The molecule has 0 amide bonds. The van der Waals surface area contributed by atoms with Crippen molar-refractivity contribution in [3.63, 3.8) is 0 Å². The Kier molecular flexibility index (Phi) is 4.29. The fraction of sp³-hybridized carbons (Fsp3) is 0.727. The van der Waals surface area contributed by atoms with Crippen LogP contribution in [0.1, 0.15) is 57.3 Å². The quantitative estimate of drug-likeness (QED) is 0.695. The number of hydrogen-bond donors (Lipinski definition) is 0. The minimum atomic E-state index is 0.302. The second-order valence-corrected chi connectivity index (χ2v) is 4.02. The highest BCUT2D eigenvalue weighted by Gasteiger charge is 2.15. The molecule has 1 heterocycles. The highest BCUT2D eigenvalue weighted by atomic mass is 15.4. The summed E-state index contributed by atoms with van der Waals surface area (Å²) in [5.74, 6) is 0.302. The monoisotopic (exact) mass is 206 g/mol. The van der Waals surface area contributed by atoms with E-state index >= 15 is 0 Å². The number of unbranched alkanes of at least 4 members (excludes halogenated alkanes) is 2. The maximum atomic E-state index is 8.89. The van der Waals surface area contributed by atoms with Crippen molar-refractivity contribution in [2.45, 2.75) is 52.5 Å². The van der Waals surface area contributed by atoms with Crippen molar-refractivity contribution >= 4 is 0 Å². The molecule has 0 unspecified atom stereocenters. The number of nitriles is 1. The Morgan fingerprint density at radius 1 is 1.40 bits per heavy atom. The predicted octanol–water partition coefficient (Wildman–Crippen LogP) is 2.46. The van der Waals surface area contributed by atoms with Gasteiger partial charge in [0.25, 0.3) is 0 Å². The largest absolute Gasteiger partial charge is 0.248 e. The summed E-state index contributed by atoms with van der Waals surface area (Å²) >= 11 is 0. The molecule has 82 valence electrons. The third kappa shape index (κ3) is 2.79. The highest BCUT2D eigenvalue weighted by Crippen LogP contribution is 2.17. The molecule has 0 saturated carbocycles. The lowest BCUT2D eigenvalue weighted by atomic mass is 10.1. The minimum absolute atomic E-state index is 0.302. The first kappa shape index (κ1) is 11.7. The van der Waals surface area contributed by atoms with Crippen molar-refractivity contribution < 1.29 is 0 Å². The second kappa shape index (κ2) is 5.50. The maximum absolute atomic E-state index is 8.89. The number of aryl methyl sites for hydroxylation is 1. The molecule has 0 aromatic carbocycles. The standard InChI is InChI=1S/C11H18N4/c1-4-5-6-7-15-11(9(2)3)10(8-12)13-14-15/h9H,4-7H2,1-3H3. The molecule has 15 heavy (non-hydrogen) atoms. The summed E-state index contributed by atoms with van der Waals surface area (Å²) in [5.41, 5.74) is 1.44. The molecule has 0 aliphatic heterocycles. The first-order valence-electron chi connectivity index (χ1n) is 5.54. The van der Waals surface area contributed by atoms with Crippen LogP contribution in [0.15, 0.2) is 0 Å². The lowest BCUT2D eigenvalue weighted by Gasteiger charge is -2.08. The molecule has 1 aromatic rings. The Hall–Kier alpha value is -1.37. The fourth-order valence-corrected chi connectivity index (χ4v) is 1.65. The summed E-state index contributed by atoms with van der Waals surface area (Å²) in [7, 11) is 0. The van der Waals surface area contributed by atoms with Gasteiger partial charge < -0.3 is 0 Å². The molecule has 0 spiro atoms. The lowest BCUT2D eigenvalue weighted by molar-refractivity contribution is 0.510. The SMILES string of the molecule is CCCCCn1nnc(C#N)c1C(C)C. The predicted molar refractivity (Wildman–Crippen MR) is 58.4 cm³/mol. The van der Waals surface area contributed by atoms with Gasteiger partial charge >= 0.3 is 0 Å². The van der Waals surface area contributed by atoms with Gasteiger partial charge in [0, 0.05) is 6.54 Å². The summed E-state index contributed by atoms with van der Waals surface area (Å²) in [6, 6.07) is 2.09. The molecule has 1 rings (SSSR count). The van der Waals surface area contributed by atoms with E-state index in [2.05, 4.69) is 37.2 Å². The van der Waals surface area contributed by atoms with Gasteiger partial charge in [-0.25, -0.2) is 4.68 Å². The zero-order chi connectivity index (χ0) is 11.3. The van der Waals surface area contributed by atoms with Crippen LogP contribution in [-0.4, -0.2) is 15.0 Å². The Morgan fingerprint density at radius 3 is 2.67 bits per heavy atom. The Morgan fingerprint density at radius 2 is 2.13 bits per heavy atom. The van der Waals surface area contributed by atoms with Crippen LogP contribution >= 0.6 is 0 Å². The summed E-state index contributed by atoms with van der Waals surface area (Å²) in [5, 5.41) is 16.8. The van der Waals surface area contributed by atoms with E-state index in [1.54, 1.807) is 0 Å². The number of hydrogen-bond acceptors (Lipinski definition) is 3. The molecule has 4 heteroatoms. The van der Waals surface area contributed by atoms with Gasteiger partial charge in [-0.3, -0.25) is 0 Å². The minimum Gasteiger partial charge on any atom is -0.248 e. The van der Waals surface area contributed by atoms with Crippen LogP contribution in [0.4, 0.5) is 0 Å². The number of nitrogens with zero attached hydrogens (tertiary/aromatic N) is 4. The second-order valence-electron chi connectivity index (χ2n) is 4.02. The maximum Gasteiger partial charge on any atom is 0.186 e. The lowest BCUT2D eigenvalue weighted by Crippen LogP contribution is -2.07. The van der Waals surface area contributed by atoms with E-state index in [1.807, 2.05) is 4.68 Å². The van der Waals surface area contributed by atoms with Crippen LogP contribution in [0.2, 0.25) is 0 Å². The third-order valence-electron chi connectivity index (χ3n) is 2.40. The van der Waals surface area contributed by atoms with E-state index in [-0.39, 0.29) is 0 Å². The normalized spacial score (nSPS) is 10.6. The van der Waals surface area contributed by atoms with Crippen molar-refractivity contribution in [1.29, 1.82) is 5.26 Å². The van der Waals surface area contributed by atoms with Gasteiger partial charge in [0.2, 0.25) is 0 Å². The number of rotatable bonds is 5. The van der Waals surface area contributed by atoms with Crippen LogP contribution in [0.3, 0.4) is 0 Å². The molecule has 1 aromatic heterocycles. The van der Waals surface area contributed by atoms with Gasteiger partial charge in [0.15, 0.2) is 5.69 Å². The molecular formula is C11H18N4. The van der Waals surface area contributed by atoms with Crippen molar-refractivity contribution in [2.75, 3.05) is 0 Å². The molecule has 0 aliphatic rings. The third-order valence-corrected chi connectivity index (χ3v) is 2.40. The molecule has 0 aliphatic carbocycles. The first-order valence-corrected chi connectivity index (χ1v) is 5.54. The molecule has 0 bridgehead atoms. The summed E-state index contributed by atoms with van der Waals surface area (Å²) in [4.78, 5) is 0. The molecular weight excluding hydrogens is 188 g/mol. The van der Waals surface area contributed by atoms with Crippen molar-refractivity contribution in [3.05, 3.63) is 11.4 Å². The molecule has 4 nitrogen and oxygen atoms in total. The van der Waals surface area contributed by atoms with E-state index in [9.17, 15) is 0 Å². The average Bonchev–Trinajstić information content (AvgIpc) is 2.61. The van der Waals surface area contributed by atoms with Gasteiger partial charge in [-0.2, -0.15) is 5.26 Å². The zero-order valence-corrected chi connectivity index (χ0v) is 9.69. The van der Waals surface area contributed by atoms with Crippen molar-refractivity contribution in [3.8, 4) is 6.07 Å². The first-order chi connectivity index (χ1) is 7.20. The van der Waals surface area contributed by atoms with Crippen LogP contribution in [-0.2, 0) is 6.54 Å². The molecule has 0 N–H and O–H groups in total. The van der Waals surface area contributed by atoms with Gasteiger partial charge in [-0.15, -0.1) is 5.10 Å². The zero-order valence-electron chi connectivity index (χ0n) is 9.69. The van der Waals surface area contributed by atoms with E-state index in [0.717, 1.165) is 18.7 Å². The summed E-state index contributed by atoms with van der Waals surface area (Å²) in [6.07, 6.45) is 3.49. The van der Waals surface area contributed by atoms with Gasteiger partial charge in [-0.05, 0) is 12.3 Å². The van der Waals surface area contributed by atoms with E-state index < -0.39 is 0 Å². The van der Waals surface area contributed by atoms with Gasteiger partial charge in [-0.1, -0.05) is 38.8 Å². The average molecular weight is 206 g/mol. The molecule has 0 saturated heterocycles. The smallest absolute Gasteiger partial charge is 0.186 e. The topological polar surface area (TPSA) is 54.5 Å². The van der Waals surface area contributed by atoms with Crippen LogP contribution in [0.25, 0.3) is 0 Å². The van der Waals surface area contributed by atoms with Crippen LogP contribution in [0, 0.1) is 11.3 Å². The van der Waals surface area contributed by atoms with Gasteiger partial charge in [0.05, 0.1) is 5.69 Å². The Bertz CT molecular complexity index is 346. The van der Waals surface area contributed by atoms with E-state index in [1.165, 1.54) is 12.8 Å². The van der Waals surface area contributed by atoms with Crippen LogP contribution < -0.4 is 0 Å². The van der Waals surface area contributed by atoms with Crippen LogP contribution in [0.5, 0.6) is 0 Å². The molecule has 0 atom stereocenters. The van der Waals surface area contributed by atoms with Crippen molar-refractivity contribution in [2.24, 2.45) is 0 Å². The number of aromatic nitrogens is 3. The Labute approximate surface area is 90.9 Å².